The fraction of sp³-hybridized carbons (Fsp3) is 0.288. The lowest BCUT2D eigenvalue weighted by Crippen LogP contribution is -2.58. The number of fused-ring (bicyclic) bond motifs is 2. The van der Waals surface area contributed by atoms with Gasteiger partial charge in [0.25, 0.3) is 8.53 Å². The summed E-state index contributed by atoms with van der Waals surface area (Å²) in [4.78, 5) is 16.8. The highest BCUT2D eigenvalue weighted by Crippen LogP contribution is 2.59. The van der Waals surface area contributed by atoms with E-state index in [0.717, 1.165) is 64.7 Å². The Balaban J connectivity index is 1.01. The standard InChI is InChI=1S/C52H54N3O7PSi/c1-57-40-29-25-38(26-30-40)52(37-16-7-4-8-17-37,39-27-31-41(58-2)32-28-39)59-35-48-47(34-50(60-48)55-45-23-14-13-22-44(45)53-51(55)56)61-63-54-33-15-24-46(54)49(62-63)36-64(3,42-18-9-5-10-19-42)43-20-11-6-12-21-43/h4-14,16-23,25-32,46-50H,15,24,33-36H2,1-3H3,(H,53,56)/t46-,47-,48+,49+,50+,63?/m0/s1. The van der Waals surface area contributed by atoms with Gasteiger partial charge in [0.1, 0.15) is 37.5 Å². The number of benzene rings is 6. The Morgan fingerprint density at radius 3 is 1.89 bits per heavy atom. The molecule has 3 fully saturated rings. The molecule has 328 valence electrons. The third kappa shape index (κ3) is 7.94. The van der Waals surface area contributed by atoms with Gasteiger partial charge < -0.3 is 33.0 Å². The Hall–Kier alpha value is -5.36. The first-order valence-corrected chi connectivity index (χ1v) is 26.1. The highest BCUT2D eigenvalue weighted by atomic mass is 31.2. The summed E-state index contributed by atoms with van der Waals surface area (Å²) in [5.41, 5.74) is 3.01. The summed E-state index contributed by atoms with van der Waals surface area (Å²) in [7, 11) is -0.355. The highest BCUT2D eigenvalue weighted by molar-refractivity contribution is 7.45. The number of rotatable bonds is 15. The van der Waals surface area contributed by atoms with Crippen LogP contribution in [0.3, 0.4) is 0 Å². The third-order valence-electron chi connectivity index (χ3n) is 13.5. The SMILES string of the molecule is COc1ccc(C(OC[C@H]2O[C@@H](n3c(=O)[nH]c4ccccc43)C[C@@H]2OP2O[C@H](C[Si](C)(c3ccccc3)c3ccccc3)[C@@H]3CCCN32)(c2ccccc2)c2ccc(OC)cc2)cc1. The number of para-hydroxylation sites is 2. The Kier molecular flexibility index (Phi) is 12.1. The number of aromatic amines is 1. The van der Waals surface area contributed by atoms with Gasteiger partial charge in [-0.3, -0.25) is 4.57 Å². The van der Waals surface area contributed by atoms with Crippen molar-refractivity contribution in [1.82, 2.24) is 14.2 Å². The van der Waals surface area contributed by atoms with E-state index in [1.54, 1.807) is 18.8 Å². The van der Waals surface area contributed by atoms with Gasteiger partial charge >= 0.3 is 5.69 Å². The molecule has 3 aliphatic rings. The van der Waals surface area contributed by atoms with Crippen LogP contribution in [-0.2, 0) is 24.1 Å². The number of nitrogens with zero attached hydrogens (tertiary/aromatic N) is 2. The van der Waals surface area contributed by atoms with Gasteiger partial charge in [0.05, 0.1) is 44.1 Å². The lowest BCUT2D eigenvalue weighted by molar-refractivity contribution is -0.0910. The summed E-state index contributed by atoms with van der Waals surface area (Å²) in [6.45, 7) is 3.54. The van der Waals surface area contributed by atoms with Gasteiger partial charge in [-0.25, -0.2) is 9.46 Å². The Bertz CT molecular complexity index is 2620. The first kappa shape index (κ1) is 42.6. The lowest BCUT2D eigenvalue weighted by atomic mass is 9.80. The molecular weight excluding hydrogens is 838 g/mol. The average molecular weight is 892 g/mol. The molecule has 0 saturated carbocycles. The van der Waals surface area contributed by atoms with Crippen molar-refractivity contribution in [3.8, 4) is 11.5 Å². The zero-order valence-electron chi connectivity index (χ0n) is 36.4. The molecule has 10 nitrogen and oxygen atoms in total. The number of ether oxygens (including phenoxy) is 4. The molecule has 3 saturated heterocycles. The van der Waals surface area contributed by atoms with Crippen molar-refractivity contribution in [1.29, 1.82) is 0 Å². The van der Waals surface area contributed by atoms with Crippen LogP contribution in [0.4, 0.5) is 0 Å². The quantitative estimate of drug-likeness (QED) is 0.0620. The number of imidazole rings is 1. The maximum Gasteiger partial charge on any atom is 0.328 e. The Morgan fingerprint density at radius 1 is 0.719 bits per heavy atom. The largest absolute Gasteiger partial charge is 0.497 e. The highest BCUT2D eigenvalue weighted by Gasteiger charge is 2.52. The molecule has 1 aromatic heterocycles. The average Bonchev–Trinajstić information content (AvgIpc) is 4.14. The molecule has 6 aromatic carbocycles. The Morgan fingerprint density at radius 2 is 1.28 bits per heavy atom. The van der Waals surface area contributed by atoms with Crippen molar-refractivity contribution >= 4 is 38.0 Å². The molecular formula is C52H54N3O7PSi. The van der Waals surface area contributed by atoms with E-state index in [0.29, 0.717) is 6.42 Å². The van der Waals surface area contributed by atoms with Crippen LogP contribution < -0.4 is 25.5 Å². The van der Waals surface area contributed by atoms with Crippen LogP contribution in [0.2, 0.25) is 12.6 Å². The molecule has 7 aromatic rings. The maximum atomic E-state index is 13.7. The predicted molar refractivity (Wildman–Crippen MR) is 254 cm³/mol. The molecule has 64 heavy (non-hydrogen) atoms. The zero-order chi connectivity index (χ0) is 43.7. The van der Waals surface area contributed by atoms with Gasteiger partial charge in [-0.05, 0) is 72.0 Å². The van der Waals surface area contributed by atoms with Crippen LogP contribution in [0.1, 0.15) is 42.2 Å². The fourth-order valence-corrected chi connectivity index (χ4v) is 16.1. The summed E-state index contributed by atoms with van der Waals surface area (Å²) in [5.74, 6) is 1.49. The second kappa shape index (κ2) is 18.3. The van der Waals surface area contributed by atoms with Gasteiger partial charge in [0.2, 0.25) is 0 Å². The minimum absolute atomic E-state index is 0.00520. The minimum Gasteiger partial charge on any atom is -0.497 e. The van der Waals surface area contributed by atoms with Gasteiger partial charge in [0, 0.05) is 19.0 Å². The number of aromatic nitrogens is 2. The molecule has 6 atom stereocenters. The molecule has 1 N–H and O–H groups in total. The number of hydrogen-bond donors (Lipinski definition) is 1. The van der Waals surface area contributed by atoms with E-state index in [2.05, 4.69) is 113 Å². The van der Waals surface area contributed by atoms with Gasteiger partial charge in [-0.2, -0.15) is 0 Å². The molecule has 0 amide bonds. The summed E-state index contributed by atoms with van der Waals surface area (Å²) < 4.78 is 44.4. The van der Waals surface area contributed by atoms with E-state index in [1.807, 2.05) is 66.7 Å². The monoisotopic (exact) mass is 891 g/mol. The summed E-state index contributed by atoms with van der Waals surface area (Å²) >= 11 is 0. The Labute approximate surface area is 376 Å². The molecule has 1 unspecified atom stereocenters. The van der Waals surface area contributed by atoms with Gasteiger partial charge in [0.15, 0.2) is 0 Å². The molecule has 3 aliphatic heterocycles. The van der Waals surface area contributed by atoms with Gasteiger partial charge in [-0.15, -0.1) is 0 Å². The molecule has 0 bridgehead atoms. The minimum atomic E-state index is -2.24. The van der Waals surface area contributed by atoms with Crippen molar-refractivity contribution in [3.63, 3.8) is 0 Å². The molecule has 0 spiro atoms. The smallest absolute Gasteiger partial charge is 0.328 e. The molecule has 10 rings (SSSR count). The topological polar surface area (TPSA) is 96.4 Å². The van der Waals surface area contributed by atoms with E-state index in [9.17, 15) is 4.79 Å². The van der Waals surface area contributed by atoms with Crippen molar-refractivity contribution in [2.24, 2.45) is 0 Å². The van der Waals surface area contributed by atoms with E-state index >= 15 is 0 Å². The van der Waals surface area contributed by atoms with E-state index < -0.39 is 40.6 Å². The van der Waals surface area contributed by atoms with Crippen molar-refractivity contribution < 1.29 is 28.0 Å². The van der Waals surface area contributed by atoms with Crippen LogP contribution >= 0.6 is 8.53 Å². The molecule has 0 radical (unpaired) electrons. The third-order valence-corrected chi connectivity index (χ3v) is 19.8. The first-order valence-electron chi connectivity index (χ1n) is 22.2. The number of methoxy groups -OCH3 is 2. The molecule has 4 heterocycles. The van der Waals surface area contributed by atoms with E-state index in [1.165, 1.54) is 10.4 Å². The second-order valence-corrected chi connectivity index (χ2v) is 22.8. The summed E-state index contributed by atoms with van der Waals surface area (Å²) in [5, 5.41) is 2.80. The lowest BCUT2D eigenvalue weighted by Gasteiger charge is -2.37. The fourth-order valence-electron chi connectivity index (χ4n) is 10.2. The first-order chi connectivity index (χ1) is 31.4. The number of nitrogens with one attached hydrogen (secondary N) is 1. The van der Waals surface area contributed by atoms with Crippen molar-refractivity contribution in [3.05, 3.63) is 191 Å². The number of H-pyrrole nitrogens is 1. The van der Waals surface area contributed by atoms with Crippen LogP contribution in [0, 0.1) is 0 Å². The summed E-state index contributed by atoms with van der Waals surface area (Å²) in [6, 6.07) is 57.3. The normalized spacial score (nSPS) is 22.5. The second-order valence-electron chi connectivity index (χ2n) is 17.2. The molecule has 12 heteroatoms. The molecule has 0 aliphatic carbocycles. The van der Waals surface area contributed by atoms with Crippen LogP contribution in [0.25, 0.3) is 11.0 Å². The van der Waals surface area contributed by atoms with Crippen molar-refractivity contribution in [2.45, 2.75) is 68.0 Å². The van der Waals surface area contributed by atoms with Gasteiger partial charge in [-0.1, -0.05) is 144 Å². The van der Waals surface area contributed by atoms with E-state index in [4.69, 9.17) is 28.0 Å². The maximum absolute atomic E-state index is 13.7. The van der Waals surface area contributed by atoms with Crippen molar-refractivity contribution in [2.75, 3.05) is 27.4 Å². The van der Waals surface area contributed by atoms with Crippen LogP contribution in [0.5, 0.6) is 11.5 Å². The van der Waals surface area contributed by atoms with E-state index in [-0.39, 0.29) is 24.4 Å². The zero-order valence-corrected chi connectivity index (χ0v) is 38.3. The summed E-state index contributed by atoms with van der Waals surface area (Å²) in [6.07, 6.45) is 0.964. The predicted octanol–water partition coefficient (Wildman–Crippen LogP) is 9.01. The van der Waals surface area contributed by atoms with Crippen LogP contribution in [0.15, 0.2) is 169 Å². The van der Waals surface area contributed by atoms with Crippen LogP contribution in [-0.4, -0.2) is 74.0 Å². The number of hydrogen-bond acceptors (Lipinski definition) is 8.